The van der Waals surface area contributed by atoms with E-state index in [0.717, 1.165) is 36.7 Å². The molecule has 2 saturated heterocycles. The lowest BCUT2D eigenvalue weighted by atomic mass is 9.95. The number of carbonyl (C=O) groups is 2. The molecule has 0 spiro atoms. The molecule has 3 amide bonds. The summed E-state index contributed by atoms with van der Waals surface area (Å²) >= 11 is 0. The molecule has 0 saturated carbocycles. The summed E-state index contributed by atoms with van der Waals surface area (Å²) in [7, 11) is 3.48. The monoisotopic (exact) mass is 399 g/mol. The number of hydrogen-bond acceptors (Lipinski definition) is 3. The Bertz CT molecular complexity index is 955. The number of urea groups is 1. The standard InChI is InChI=1S/C21H29N5O3/c1-23(2)21(29)25-11-5-6-15(14-25)19(27)24-12-9-16(10-13-24)26-18-8-4-3-7-17(18)22-20(26)28/h3-4,7-8,15-16H,5-6,9-14H2,1-2H3,(H,22,28). The first-order valence-corrected chi connectivity index (χ1v) is 10.4. The van der Waals surface area contributed by atoms with E-state index in [2.05, 4.69) is 4.98 Å². The number of nitrogens with one attached hydrogen (secondary N) is 1. The Morgan fingerprint density at radius 1 is 1.03 bits per heavy atom. The molecule has 2 fully saturated rings. The summed E-state index contributed by atoms with van der Waals surface area (Å²) in [5, 5.41) is 0. The van der Waals surface area contributed by atoms with Gasteiger partial charge in [0.2, 0.25) is 5.91 Å². The maximum atomic E-state index is 13.1. The lowest BCUT2D eigenvalue weighted by Gasteiger charge is -2.38. The summed E-state index contributed by atoms with van der Waals surface area (Å²) in [6, 6.07) is 7.80. The quantitative estimate of drug-likeness (QED) is 0.837. The predicted molar refractivity (Wildman–Crippen MR) is 111 cm³/mol. The molecule has 4 rings (SSSR count). The van der Waals surface area contributed by atoms with E-state index in [1.807, 2.05) is 33.7 Å². The number of imidazole rings is 1. The molecule has 1 unspecified atom stereocenters. The smallest absolute Gasteiger partial charge is 0.326 e. The summed E-state index contributed by atoms with van der Waals surface area (Å²) in [6.07, 6.45) is 3.22. The van der Waals surface area contributed by atoms with E-state index in [9.17, 15) is 14.4 Å². The van der Waals surface area contributed by atoms with Crippen molar-refractivity contribution in [3.8, 4) is 0 Å². The van der Waals surface area contributed by atoms with Crippen LogP contribution in [0.15, 0.2) is 29.1 Å². The van der Waals surface area contributed by atoms with Crippen LogP contribution >= 0.6 is 0 Å². The summed E-state index contributed by atoms with van der Waals surface area (Å²) in [5.41, 5.74) is 1.69. The van der Waals surface area contributed by atoms with E-state index in [1.165, 1.54) is 0 Å². The zero-order valence-corrected chi connectivity index (χ0v) is 17.1. The van der Waals surface area contributed by atoms with Crippen molar-refractivity contribution in [1.82, 2.24) is 24.3 Å². The van der Waals surface area contributed by atoms with Crippen LogP contribution in [0.25, 0.3) is 11.0 Å². The Labute approximate surface area is 170 Å². The fourth-order valence-electron chi connectivity index (χ4n) is 4.67. The number of likely N-dealkylation sites (tertiary alicyclic amines) is 2. The van der Waals surface area contributed by atoms with Crippen LogP contribution in [0.4, 0.5) is 4.79 Å². The van der Waals surface area contributed by atoms with Gasteiger partial charge >= 0.3 is 11.7 Å². The normalized spacial score (nSPS) is 20.8. The molecular formula is C21H29N5O3. The van der Waals surface area contributed by atoms with Crippen molar-refractivity contribution in [1.29, 1.82) is 0 Å². The van der Waals surface area contributed by atoms with Crippen LogP contribution in [0.3, 0.4) is 0 Å². The molecule has 1 aromatic carbocycles. The van der Waals surface area contributed by atoms with Gasteiger partial charge in [-0.3, -0.25) is 9.36 Å². The first-order chi connectivity index (χ1) is 14.0. The molecule has 2 aromatic rings. The second-order valence-electron chi connectivity index (χ2n) is 8.34. The molecule has 156 valence electrons. The summed E-state index contributed by atoms with van der Waals surface area (Å²) < 4.78 is 1.84. The molecule has 0 radical (unpaired) electrons. The topological polar surface area (TPSA) is 81.7 Å². The largest absolute Gasteiger partial charge is 0.342 e. The van der Waals surface area contributed by atoms with E-state index in [-0.39, 0.29) is 29.6 Å². The van der Waals surface area contributed by atoms with Gasteiger partial charge in [-0.05, 0) is 37.8 Å². The first kappa shape index (κ1) is 19.5. The Morgan fingerprint density at radius 3 is 2.48 bits per heavy atom. The van der Waals surface area contributed by atoms with Gasteiger partial charge in [0.25, 0.3) is 0 Å². The number of aromatic nitrogens is 2. The molecule has 2 aliphatic rings. The average Bonchev–Trinajstić information content (AvgIpc) is 3.08. The van der Waals surface area contributed by atoms with E-state index < -0.39 is 0 Å². The first-order valence-electron chi connectivity index (χ1n) is 10.4. The number of H-pyrrole nitrogens is 1. The Morgan fingerprint density at radius 2 is 1.76 bits per heavy atom. The predicted octanol–water partition coefficient (Wildman–Crippen LogP) is 1.89. The highest BCUT2D eigenvalue weighted by Crippen LogP contribution is 2.27. The molecule has 2 aliphatic heterocycles. The lowest BCUT2D eigenvalue weighted by Crippen LogP contribution is -2.50. The van der Waals surface area contributed by atoms with Crippen molar-refractivity contribution in [3.63, 3.8) is 0 Å². The Kier molecular flexibility index (Phi) is 5.34. The van der Waals surface area contributed by atoms with Crippen molar-refractivity contribution in [2.75, 3.05) is 40.3 Å². The molecule has 1 N–H and O–H groups in total. The number of benzene rings is 1. The highest BCUT2D eigenvalue weighted by Gasteiger charge is 2.34. The summed E-state index contributed by atoms with van der Waals surface area (Å²) in [4.78, 5) is 45.9. The van der Waals surface area contributed by atoms with Crippen LogP contribution in [-0.2, 0) is 4.79 Å². The lowest BCUT2D eigenvalue weighted by molar-refractivity contribution is -0.138. The van der Waals surface area contributed by atoms with E-state index in [4.69, 9.17) is 0 Å². The number of rotatable bonds is 2. The maximum Gasteiger partial charge on any atom is 0.326 e. The van der Waals surface area contributed by atoms with Crippen molar-refractivity contribution in [2.24, 2.45) is 5.92 Å². The van der Waals surface area contributed by atoms with Gasteiger partial charge in [-0.25, -0.2) is 9.59 Å². The Balaban J connectivity index is 1.40. The average molecular weight is 399 g/mol. The second-order valence-corrected chi connectivity index (χ2v) is 8.34. The van der Waals surface area contributed by atoms with E-state index in [0.29, 0.717) is 26.2 Å². The molecule has 29 heavy (non-hydrogen) atoms. The van der Waals surface area contributed by atoms with Crippen molar-refractivity contribution < 1.29 is 9.59 Å². The molecule has 3 heterocycles. The third-order valence-corrected chi connectivity index (χ3v) is 6.19. The Hall–Kier alpha value is -2.77. The van der Waals surface area contributed by atoms with E-state index >= 15 is 0 Å². The van der Waals surface area contributed by atoms with Gasteiger partial charge in [0.05, 0.1) is 17.0 Å². The fourth-order valence-corrected chi connectivity index (χ4v) is 4.67. The molecule has 8 nitrogen and oxygen atoms in total. The van der Waals surface area contributed by atoms with Crippen molar-refractivity contribution >= 4 is 23.0 Å². The number of nitrogens with zero attached hydrogens (tertiary/aromatic N) is 4. The summed E-state index contributed by atoms with van der Waals surface area (Å²) in [5.74, 6) is 0.0194. The molecular weight excluding hydrogens is 370 g/mol. The number of para-hydroxylation sites is 2. The van der Waals surface area contributed by atoms with Gasteiger partial charge < -0.3 is 19.7 Å². The maximum absolute atomic E-state index is 13.1. The zero-order valence-electron chi connectivity index (χ0n) is 17.1. The van der Waals surface area contributed by atoms with Crippen LogP contribution in [0.1, 0.15) is 31.7 Å². The number of piperidine rings is 2. The molecule has 1 atom stereocenters. The van der Waals surface area contributed by atoms with Crippen molar-refractivity contribution in [2.45, 2.75) is 31.7 Å². The van der Waals surface area contributed by atoms with Gasteiger partial charge in [0, 0.05) is 46.3 Å². The van der Waals surface area contributed by atoms with E-state index in [1.54, 1.807) is 23.9 Å². The van der Waals surface area contributed by atoms with Crippen LogP contribution in [0, 0.1) is 5.92 Å². The fraction of sp³-hybridized carbons (Fsp3) is 0.571. The summed E-state index contributed by atoms with van der Waals surface area (Å²) in [6.45, 7) is 2.51. The van der Waals surface area contributed by atoms with Crippen LogP contribution in [-0.4, -0.2) is 76.5 Å². The SMILES string of the molecule is CN(C)C(=O)N1CCCC(C(=O)N2CCC(n3c(=O)[nH]c4ccccc43)CC2)C1. The molecule has 0 bridgehead atoms. The molecule has 8 heteroatoms. The van der Waals surface area contributed by atoms with Gasteiger partial charge in [0.15, 0.2) is 0 Å². The van der Waals surface area contributed by atoms with Crippen LogP contribution < -0.4 is 5.69 Å². The number of aromatic amines is 1. The zero-order chi connectivity index (χ0) is 20.5. The second kappa shape index (κ2) is 7.93. The molecule has 1 aromatic heterocycles. The number of amides is 3. The van der Waals surface area contributed by atoms with Crippen LogP contribution in [0.2, 0.25) is 0 Å². The molecule has 0 aliphatic carbocycles. The number of hydrogen-bond donors (Lipinski definition) is 1. The van der Waals surface area contributed by atoms with Gasteiger partial charge in [-0.2, -0.15) is 0 Å². The third-order valence-electron chi connectivity index (χ3n) is 6.19. The van der Waals surface area contributed by atoms with Crippen LogP contribution in [0.5, 0.6) is 0 Å². The highest BCUT2D eigenvalue weighted by molar-refractivity contribution is 5.81. The van der Waals surface area contributed by atoms with Gasteiger partial charge in [0.1, 0.15) is 0 Å². The minimum atomic E-state index is -0.125. The van der Waals surface area contributed by atoms with Gasteiger partial charge in [-0.15, -0.1) is 0 Å². The minimum absolute atomic E-state index is 0.0279. The van der Waals surface area contributed by atoms with Gasteiger partial charge in [-0.1, -0.05) is 12.1 Å². The minimum Gasteiger partial charge on any atom is -0.342 e. The van der Waals surface area contributed by atoms with Crippen molar-refractivity contribution in [3.05, 3.63) is 34.7 Å². The third kappa shape index (κ3) is 3.75. The number of fused-ring (bicyclic) bond motifs is 1. The highest BCUT2D eigenvalue weighted by atomic mass is 16.2. The number of carbonyl (C=O) groups excluding carboxylic acids is 2.